The highest BCUT2D eigenvalue weighted by molar-refractivity contribution is 5.87. The van der Waals surface area contributed by atoms with Crippen molar-refractivity contribution in [1.29, 1.82) is 0 Å². The maximum atomic E-state index is 13.6. The van der Waals surface area contributed by atoms with Gasteiger partial charge in [0, 0.05) is 17.4 Å². The number of carbonyl (C=O) groups excluding carboxylic acids is 1. The van der Waals surface area contributed by atoms with E-state index < -0.39 is 6.03 Å². The van der Waals surface area contributed by atoms with Crippen LogP contribution in [0.4, 0.5) is 20.6 Å². The molecule has 0 aliphatic heterocycles. The van der Waals surface area contributed by atoms with Crippen molar-refractivity contribution in [3.63, 3.8) is 0 Å². The summed E-state index contributed by atoms with van der Waals surface area (Å²) in [6, 6.07) is 13.4. The second-order valence-electron chi connectivity index (χ2n) is 4.91. The van der Waals surface area contributed by atoms with Crippen LogP contribution in [0, 0.1) is 5.82 Å². The molecule has 2 aromatic carbocycles. The van der Waals surface area contributed by atoms with E-state index in [1.807, 2.05) is 25.1 Å². The van der Waals surface area contributed by atoms with Gasteiger partial charge in [-0.2, -0.15) is 0 Å². The van der Waals surface area contributed by atoms with Crippen LogP contribution >= 0.6 is 0 Å². The summed E-state index contributed by atoms with van der Waals surface area (Å²) in [5.74, 6) is -0.188. The predicted molar refractivity (Wildman–Crippen MR) is 82.8 cm³/mol. The number of anilines is 2. The van der Waals surface area contributed by atoms with Gasteiger partial charge in [-0.25, -0.2) is 9.18 Å². The van der Waals surface area contributed by atoms with Crippen LogP contribution in [0.1, 0.15) is 12.5 Å². The second kappa shape index (κ2) is 6.74. The number of benzene rings is 2. The molecule has 0 fully saturated rings. The largest absolute Gasteiger partial charge is 0.382 e. The van der Waals surface area contributed by atoms with E-state index in [4.69, 9.17) is 5.73 Å². The molecule has 110 valence electrons. The first-order chi connectivity index (χ1) is 10.0. The van der Waals surface area contributed by atoms with Crippen LogP contribution in [-0.2, 0) is 6.42 Å². The third-order valence-electron chi connectivity index (χ3n) is 3.05. The van der Waals surface area contributed by atoms with E-state index in [1.54, 1.807) is 24.3 Å². The number of hydrogen-bond acceptors (Lipinski definition) is 2. The number of carbonyl (C=O) groups is 1. The van der Waals surface area contributed by atoms with E-state index in [9.17, 15) is 9.18 Å². The minimum absolute atomic E-state index is 0.0804. The van der Waals surface area contributed by atoms with E-state index in [0.717, 1.165) is 5.69 Å². The Labute approximate surface area is 123 Å². The summed E-state index contributed by atoms with van der Waals surface area (Å²) in [5.41, 5.74) is 7.26. The van der Waals surface area contributed by atoms with Crippen molar-refractivity contribution < 1.29 is 9.18 Å². The van der Waals surface area contributed by atoms with Crippen molar-refractivity contribution in [2.45, 2.75) is 19.4 Å². The topological polar surface area (TPSA) is 67.2 Å². The summed E-state index contributed by atoms with van der Waals surface area (Å²) in [5, 5.41) is 5.78. The van der Waals surface area contributed by atoms with Crippen LogP contribution in [0.3, 0.4) is 0 Å². The van der Waals surface area contributed by atoms with Gasteiger partial charge in [-0.15, -0.1) is 0 Å². The van der Waals surface area contributed by atoms with Gasteiger partial charge in [-0.1, -0.05) is 18.2 Å². The molecule has 4 nitrogen and oxygen atoms in total. The number of nitrogens with two attached hydrogens (primary N) is 1. The molecule has 0 aliphatic rings. The van der Waals surface area contributed by atoms with Gasteiger partial charge in [0.1, 0.15) is 5.82 Å². The number of hydrogen-bond donors (Lipinski definition) is 3. The second-order valence-corrected chi connectivity index (χ2v) is 4.91. The van der Waals surface area contributed by atoms with Crippen LogP contribution in [0.25, 0.3) is 0 Å². The third-order valence-corrected chi connectivity index (χ3v) is 3.05. The summed E-state index contributed by atoms with van der Waals surface area (Å²) in [7, 11) is 0. The fourth-order valence-electron chi connectivity index (χ4n) is 2.12. The molecular weight excluding hydrogens is 269 g/mol. The van der Waals surface area contributed by atoms with E-state index in [1.165, 1.54) is 6.07 Å². The molecule has 2 amide bonds. The lowest BCUT2D eigenvalue weighted by molar-refractivity contribution is 0.259. The Kier molecular flexibility index (Phi) is 4.77. The van der Waals surface area contributed by atoms with E-state index in [2.05, 4.69) is 10.6 Å². The number of halogens is 1. The average molecular weight is 287 g/mol. The maximum Gasteiger partial charge on any atom is 0.316 e. The summed E-state index contributed by atoms with van der Waals surface area (Å²) in [4.78, 5) is 10.7. The molecule has 21 heavy (non-hydrogen) atoms. The molecule has 2 rings (SSSR count). The Bertz CT molecular complexity index is 613. The molecule has 4 N–H and O–H groups in total. The van der Waals surface area contributed by atoms with Gasteiger partial charge in [0.15, 0.2) is 0 Å². The van der Waals surface area contributed by atoms with Gasteiger partial charge < -0.3 is 16.4 Å². The Balaban J connectivity index is 1.95. The maximum absolute atomic E-state index is 13.6. The van der Waals surface area contributed by atoms with Crippen molar-refractivity contribution in [2.24, 2.45) is 5.73 Å². The Morgan fingerprint density at radius 2 is 1.76 bits per heavy atom. The van der Waals surface area contributed by atoms with Crippen molar-refractivity contribution >= 4 is 17.4 Å². The molecule has 1 atom stereocenters. The molecule has 0 radical (unpaired) electrons. The van der Waals surface area contributed by atoms with E-state index in [0.29, 0.717) is 17.7 Å². The lowest BCUT2D eigenvalue weighted by atomic mass is 10.1. The average Bonchev–Trinajstić information content (AvgIpc) is 2.43. The molecule has 5 heteroatoms. The van der Waals surface area contributed by atoms with Crippen molar-refractivity contribution in [2.75, 3.05) is 10.6 Å². The van der Waals surface area contributed by atoms with Crippen LogP contribution in [0.15, 0.2) is 48.5 Å². The smallest absolute Gasteiger partial charge is 0.316 e. The molecule has 0 aliphatic carbocycles. The summed E-state index contributed by atoms with van der Waals surface area (Å²) in [6.07, 6.45) is 0.591. The van der Waals surface area contributed by atoms with Gasteiger partial charge in [-0.05, 0) is 49.2 Å². The fourth-order valence-corrected chi connectivity index (χ4v) is 2.12. The van der Waals surface area contributed by atoms with Crippen LogP contribution in [0.5, 0.6) is 0 Å². The van der Waals surface area contributed by atoms with Gasteiger partial charge in [0.2, 0.25) is 0 Å². The summed E-state index contributed by atoms with van der Waals surface area (Å²) >= 11 is 0. The standard InChI is InChI=1S/C16H18FN3O/c1-11(10-12-4-2-3-5-15(12)17)19-13-6-8-14(9-7-13)20-16(18)21/h2-9,11,19H,10H2,1H3,(H3,18,20,21). The van der Waals surface area contributed by atoms with Crippen LogP contribution in [-0.4, -0.2) is 12.1 Å². The number of urea groups is 1. The van der Waals surface area contributed by atoms with Gasteiger partial charge in [0.05, 0.1) is 0 Å². The summed E-state index contributed by atoms with van der Waals surface area (Å²) in [6.45, 7) is 1.99. The minimum Gasteiger partial charge on any atom is -0.382 e. The summed E-state index contributed by atoms with van der Waals surface area (Å²) < 4.78 is 13.6. The zero-order valence-electron chi connectivity index (χ0n) is 11.8. The lowest BCUT2D eigenvalue weighted by Crippen LogP contribution is -2.20. The zero-order valence-corrected chi connectivity index (χ0v) is 11.8. The van der Waals surface area contributed by atoms with Crippen molar-refractivity contribution in [3.05, 3.63) is 59.9 Å². The Morgan fingerprint density at radius 3 is 2.38 bits per heavy atom. The number of amides is 2. The number of rotatable bonds is 5. The lowest BCUT2D eigenvalue weighted by Gasteiger charge is -2.16. The molecule has 1 unspecified atom stereocenters. The highest BCUT2D eigenvalue weighted by Gasteiger charge is 2.07. The predicted octanol–water partition coefficient (Wildman–Crippen LogP) is 3.36. The molecular formula is C16H18FN3O. The van der Waals surface area contributed by atoms with Gasteiger partial charge in [0.25, 0.3) is 0 Å². The molecule has 0 saturated carbocycles. The number of primary amides is 1. The fraction of sp³-hybridized carbons (Fsp3) is 0.188. The molecule has 2 aromatic rings. The van der Waals surface area contributed by atoms with Crippen molar-refractivity contribution in [1.82, 2.24) is 0 Å². The zero-order chi connectivity index (χ0) is 15.2. The highest BCUT2D eigenvalue weighted by Crippen LogP contribution is 2.16. The third kappa shape index (κ3) is 4.49. The quantitative estimate of drug-likeness (QED) is 0.789. The SMILES string of the molecule is CC(Cc1ccccc1F)Nc1ccc(NC(N)=O)cc1. The first-order valence-corrected chi connectivity index (χ1v) is 6.71. The normalized spacial score (nSPS) is 11.7. The molecule has 0 bridgehead atoms. The van der Waals surface area contributed by atoms with Crippen LogP contribution < -0.4 is 16.4 Å². The molecule has 0 heterocycles. The Morgan fingerprint density at radius 1 is 1.14 bits per heavy atom. The Hall–Kier alpha value is -2.56. The first kappa shape index (κ1) is 14.8. The van der Waals surface area contributed by atoms with Crippen LogP contribution in [0.2, 0.25) is 0 Å². The first-order valence-electron chi connectivity index (χ1n) is 6.71. The minimum atomic E-state index is -0.594. The molecule has 0 spiro atoms. The monoisotopic (exact) mass is 287 g/mol. The molecule has 0 aromatic heterocycles. The van der Waals surface area contributed by atoms with Gasteiger partial charge in [-0.3, -0.25) is 0 Å². The van der Waals surface area contributed by atoms with E-state index >= 15 is 0 Å². The van der Waals surface area contributed by atoms with E-state index in [-0.39, 0.29) is 11.9 Å². The molecule has 0 saturated heterocycles. The highest BCUT2D eigenvalue weighted by atomic mass is 19.1. The van der Waals surface area contributed by atoms with Crippen molar-refractivity contribution in [3.8, 4) is 0 Å². The number of nitrogens with one attached hydrogen (secondary N) is 2. The van der Waals surface area contributed by atoms with Gasteiger partial charge >= 0.3 is 6.03 Å².